The number of rotatable bonds is 4. The molecular formula is C24H20ClFN2O3. The van der Waals surface area contributed by atoms with Gasteiger partial charge >= 0.3 is 0 Å². The van der Waals surface area contributed by atoms with Crippen molar-refractivity contribution in [3.63, 3.8) is 0 Å². The Bertz CT molecular complexity index is 1110. The van der Waals surface area contributed by atoms with E-state index in [1.165, 1.54) is 17.0 Å². The van der Waals surface area contributed by atoms with E-state index in [9.17, 15) is 14.0 Å². The molecular weight excluding hydrogens is 419 g/mol. The molecule has 0 saturated carbocycles. The summed E-state index contributed by atoms with van der Waals surface area (Å²) in [4.78, 5) is 27.5. The van der Waals surface area contributed by atoms with Crippen molar-refractivity contribution in [2.75, 3.05) is 11.9 Å². The van der Waals surface area contributed by atoms with Crippen molar-refractivity contribution >= 4 is 29.1 Å². The van der Waals surface area contributed by atoms with Crippen molar-refractivity contribution in [1.29, 1.82) is 0 Å². The molecule has 7 heteroatoms. The highest BCUT2D eigenvalue weighted by Gasteiger charge is 2.36. The number of carbonyl (C=O) groups excluding carboxylic acids is 2. The molecule has 1 aliphatic rings. The van der Waals surface area contributed by atoms with Gasteiger partial charge in [-0.05, 0) is 55.0 Å². The van der Waals surface area contributed by atoms with Gasteiger partial charge in [-0.15, -0.1) is 0 Å². The van der Waals surface area contributed by atoms with Crippen LogP contribution in [0.25, 0.3) is 0 Å². The normalized spacial score (nSPS) is 16.7. The van der Waals surface area contributed by atoms with E-state index in [1.807, 2.05) is 18.2 Å². The topological polar surface area (TPSA) is 58.6 Å². The molecule has 1 N–H and O–H groups in total. The second kappa shape index (κ2) is 8.78. The molecule has 0 saturated heterocycles. The van der Waals surface area contributed by atoms with Crippen molar-refractivity contribution in [1.82, 2.24) is 4.90 Å². The SMILES string of the molecule is C[C@H](Oc1ccccc1)C(=O)N1CC(=O)Nc2ccc(Cl)cc2[C@H]1c1ccc(F)cc1. The lowest BCUT2D eigenvalue weighted by Gasteiger charge is -2.32. The fraction of sp³-hybridized carbons (Fsp3) is 0.167. The number of fused-ring (bicyclic) bond motifs is 1. The Morgan fingerprint density at radius 3 is 2.55 bits per heavy atom. The zero-order valence-corrected chi connectivity index (χ0v) is 17.5. The van der Waals surface area contributed by atoms with Crippen LogP contribution in [0, 0.1) is 5.82 Å². The summed E-state index contributed by atoms with van der Waals surface area (Å²) in [7, 11) is 0. The first-order chi connectivity index (χ1) is 14.9. The lowest BCUT2D eigenvalue weighted by Crippen LogP contribution is -2.45. The van der Waals surface area contributed by atoms with E-state index in [2.05, 4.69) is 5.32 Å². The number of ether oxygens (including phenoxy) is 1. The van der Waals surface area contributed by atoms with Crippen molar-refractivity contribution in [3.8, 4) is 5.75 Å². The Morgan fingerprint density at radius 1 is 1.13 bits per heavy atom. The Labute approximate surface area is 184 Å². The minimum atomic E-state index is -0.848. The summed E-state index contributed by atoms with van der Waals surface area (Å²) < 4.78 is 19.4. The van der Waals surface area contributed by atoms with Crippen LogP contribution in [0.5, 0.6) is 5.75 Å². The molecule has 1 aliphatic heterocycles. The van der Waals surface area contributed by atoms with Crippen LogP contribution in [0.1, 0.15) is 24.1 Å². The summed E-state index contributed by atoms with van der Waals surface area (Å²) in [5.74, 6) is -0.560. The summed E-state index contributed by atoms with van der Waals surface area (Å²) in [6.07, 6.45) is -0.848. The molecule has 31 heavy (non-hydrogen) atoms. The van der Waals surface area contributed by atoms with Gasteiger partial charge in [-0.25, -0.2) is 4.39 Å². The van der Waals surface area contributed by atoms with E-state index in [0.717, 1.165) is 0 Å². The highest BCUT2D eigenvalue weighted by molar-refractivity contribution is 6.30. The molecule has 0 fully saturated rings. The number of anilines is 1. The van der Waals surface area contributed by atoms with Crippen LogP contribution < -0.4 is 10.1 Å². The van der Waals surface area contributed by atoms with Gasteiger partial charge in [-0.2, -0.15) is 0 Å². The molecule has 158 valence electrons. The van der Waals surface area contributed by atoms with E-state index in [1.54, 1.807) is 49.4 Å². The van der Waals surface area contributed by atoms with Gasteiger partial charge in [0.25, 0.3) is 5.91 Å². The second-order valence-electron chi connectivity index (χ2n) is 7.27. The number of carbonyl (C=O) groups is 2. The summed E-state index contributed by atoms with van der Waals surface area (Å²) in [5.41, 5.74) is 1.85. The third-order valence-electron chi connectivity index (χ3n) is 5.08. The first-order valence-corrected chi connectivity index (χ1v) is 10.2. The highest BCUT2D eigenvalue weighted by Crippen LogP contribution is 2.37. The Kier molecular flexibility index (Phi) is 5.91. The summed E-state index contributed by atoms with van der Waals surface area (Å²) in [6, 6.07) is 19.3. The third kappa shape index (κ3) is 4.54. The van der Waals surface area contributed by atoms with Crippen molar-refractivity contribution < 1.29 is 18.7 Å². The fourth-order valence-corrected chi connectivity index (χ4v) is 3.85. The molecule has 0 aliphatic carbocycles. The molecule has 0 aromatic heterocycles. The quantitative estimate of drug-likeness (QED) is 0.635. The molecule has 2 amide bonds. The summed E-state index contributed by atoms with van der Waals surface area (Å²) in [6.45, 7) is 1.45. The van der Waals surface area contributed by atoms with Crippen molar-refractivity contribution in [3.05, 3.63) is 94.8 Å². The van der Waals surface area contributed by atoms with Crippen molar-refractivity contribution in [2.24, 2.45) is 0 Å². The van der Waals surface area contributed by atoms with E-state index in [0.29, 0.717) is 27.6 Å². The predicted octanol–water partition coefficient (Wildman–Crippen LogP) is 4.82. The molecule has 0 radical (unpaired) electrons. The number of para-hydroxylation sites is 1. The number of nitrogens with one attached hydrogen (secondary N) is 1. The van der Waals surface area contributed by atoms with Crippen LogP contribution in [-0.4, -0.2) is 29.4 Å². The van der Waals surface area contributed by atoms with E-state index in [4.69, 9.17) is 16.3 Å². The van der Waals surface area contributed by atoms with Gasteiger partial charge in [0.05, 0.1) is 6.04 Å². The van der Waals surface area contributed by atoms with Gasteiger partial charge in [0.2, 0.25) is 5.91 Å². The molecule has 4 rings (SSSR count). The van der Waals surface area contributed by atoms with Crippen molar-refractivity contribution in [2.45, 2.75) is 19.1 Å². The van der Waals surface area contributed by atoms with Gasteiger partial charge in [-0.3, -0.25) is 9.59 Å². The largest absolute Gasteiger partial charge is 0.481 e. The van der Waals surface area contributed by atoms with E-state index in [-0.39, 0.29) is 18.4 Å². The summed E-state index contributed by atoms with van der Waals surface area (Å²) in [5, 5.41) is 3.29. The number of halogens is 2. The van der Waals surface area contributed by atoms with Crippen LogP contribution in [0.4, 0.5) is 10.1 Å². The van der Waals surface area contributed by atoms with Gasteiger partial charge in [0.15, 0.2) is 6.10 Å². The number of hydrogen-bond acceptors (Lipinski definition) is 3. The van der Waals surface area contributed by atoms with Crippen LogP contribution >= 0.6 is 11.6 Å². The molecule has 0 unspecified atom stereocenters. The number of amides is 2. The zero-order valence-electron chi connectivity index (χ0n) is 16.7. The van der Waals surface area contributed by atoms with Crippen LogP contribution in [0.3, 0.4) is 0 Å². The number of hydrogen-bond donors (Lipinski definition) is 1. The molecule has 1 heterocycles. The Balaban J connectivity index is 1.76. The zero-order chi connectivity index (χ0) is 22.0. The maximum Gasteiger partial charge on any atom is 0.264 e. The first kappa shape index (κ1) is 20.9. The van der Waals surface area contributed by atoms with Gasteiger partial charge in [0, 0.05) is 16.3 Å². The molecule has 0 spiro atoms. The monoisotopic (exact) mass is 438 g/mol. The third-order valence-corrected chi connectivity index (χ3v) is 5.32. The lowest BCUT2D eigenvalue weighted by atomic mass is 9.95. The van der Waals surface area contributed by atoms with Gasteiger partial charge < -0.3 is 15.0 Å². The second-order valence-corrected chi connectivity index (χ2v) is 7.71. The standard InChI is InChI=1S/C24H20ClFN2O3/c1-15(31-19-5-3-2-4-6-19)24(30)28-14-22(29)27-21-12-9-17(25)13-20(21)23(28)16-7-10-18(26)11-8-16/h2-13,15,23H,14H2,1H3,(H,27,29)/t15-,23+/m0/s1. The Hall–Kier alpha value is -3.38. The first-order valence-electron chi connectivity index (χ1n) is 9.79. The van der Waals surface area contributed by atoms with E-state index < -0.39 is 18.0 Å². The molecule has 5 nitrogen and oxygen atoms in total. The molecule has 0 bridgehead atoms. The molecule has 3 aromatic rings. The van der Waals surface area contributed by atoms with E-state index >= 15 is 0 Å². The van der Waals surface area contributed by atoms with Gasteiger partial charge in [0.1, 0.15) is 18.1 Å². The van der Waals surface area contributed by atoms with Crippen LogP contribution in [0.15, 0.2) is 72.8 Å². The maximum atomic E-state index is 13.6. The summed E-state index contributed by atoms with van der Waals surface area (Å²) >= 11 is 6.24. The fourth-order valence-electron chi connectivity index (χ4n) is 3.67. The van der Waals surface area contributed by atoms with Crippen LogP contribution in [0.2, 0.25) is 5.02 Å². The smallest absolute Gasteiger partial charge is 0.264 e. The van der Waals surface area contributed by atoms with Crippen LogP contribution in [-0.2, 0) is 9.59 Å². The highest BCUT2D eigenvalue weighted by atomic mass is 35.5. The lowest BCUT2D eigenvalue weighted by molar-refractivity contribution is -0.142. The Morgan fingerprint density at radius 2 is 1.84 bits per heavy atom. The molecule has 3 aromatic carbocycles. The predicted molar refractivity (Wildman–Crippen MR) is 117 cm³/mol. The average molecular weight is 439 g/mol. The van der Waals surface area contributed by atoms with Gasteiger partial charge in [-0.1, -0.05) is 41.9 Å². The number of nitrogens with zero attached hydrogens (tertiary/aromatic N) is 1. The molecule has 2 atom stereocenters. The maximum absolute atomic E-state index is 13.6. The number of benzene rings is 3. The average Bonchev–Trinajstić information content (AvgIpc) is 2.90. The minimum absolute atomic E-state index is 0.185. The minimum Gasteiger partial charge on any atom is -0.481 e.